The Kier molecular flexibility index (Phi) is 41.8. The molecule has 0 aromatic heterocycles. The number of rotatable bonds is 27. The third-order valence-corrected chi connectivity index (χ3v) is 21.9. The summed E-state index contributed by atoms with van der Waals surface area (Å²) < 4.78 is 72.9. The number of benzene rings is 12. The zero-order valence-electron chi connectivity index (χ0n) is 81.8. The summed E-state index contributed by atoms with van der Waals surface area (Å²) in [5.41, 5.74) is 14.3. The van der Waals surface area contributed by atoms with E-state index in [0.29, 0.717) is 76.1 Å². The maximum Gasteiger partial charge on any atom is 0.519 e. The SMILES string of the molecule is C=C(C)c1cccc(C(C)=O)c1.CC(=O)c1ccc(C(C)=O)cc1.CC(C)(C)c1ccc(OC(=O)Oc2ccc(-c3ccc(OC(=O)Oc4ccc(C5(c6ccc(OC(=O)Oc7ccc(C(C)(C)C)cc7)cc6)CCCCC5)cc4)cc3)cc2)cc1.COCC(C)(C)COC.COCCOC.COc1ccc(C(C)c2ccc(OC(=O)Oc3ccc(-c4ccc(OC(C)=O)cc4)cc3)cc2)cc1. The number of hydrogen-bond acceptors (Lipinski definition) is 22. The molecule has 1 unspecified atom stereocenters. The average molecular weight is 1860 g/mol. The second-order valence-electron chi connectivity index (χ2n) is 35.4. The van der Waals surface area contributed by atoms with Crippen molar-refractivity contribution in [1.82, 2.24) is 0 Å². The highest BCUT2D eigenvalue weighted by atomic mass is 16.7. The predicted molar refractivity (Wildman–Crippen MR) is 535 cm³/mol. The minimum atomic E-state index is -0.854. The normalized spacial score (nSPS) is 12.0. The Morgan fingerprint density at radius 2 is 0.569 bits per heavy atom. The van der Waals surface area contributed by atoms with E-state index >= 15 is 0 Å². The van der Waals surface area contributed by atoms with Crippen molar-refractivity contribution in [3.05, 3.63) is 353 Å². The van der Waals surface area contributed by atoms with E-state index in [1.165, 1.54) is 20.8 Å². The fourth-order valence-electron chi connectivity index (χ4n) is 14.4. The van der Waals surface area contributed by atoms with Crippen LogP contribution < -0.4 is 47.4 Å². The maximum absolute atomic E-state index is 12.8. The number of hydrogen-bond donors (Lipinski definition) is 0. The van der Waals surface area contributed by atoms with Gasteiger partial charge < -0.3 is 66.3 Å². The van der Waals surface area contributed by atoms with Gasteiger partial charge in [0.05, 0.1) is 33.5 Å². The molecule has 22 heteroatoms. The summed E-state index contributed by atoms with van der Waals surface area (Å²) in [4.78, 5) is 93.8. The van der Waals surface area contributed by atoms with Crippen LogP contribution in [0.1, 0.15) is 205 Å². The van der Waals surface area contributed by atoms with Crippen LogP contribution in [0.4, 0.5) is 19.2 Å². The van der Waals surface area contributed by atoms with Crippen molar-refractivity contribution >= 4 is 53.5 Å². The lowest BCUT2D eigenvalue weighted by molar-refractivity contribution is -0.131. The zero-order valence-corrected chi connectivity index (χ0v) is 81.8. The molecule has 1 aliphatic carbocycles. The third-order valence-electron chi connectivity index (χ3n) is 21.9. The standard InChI is InChI=1S/C53H52O9.C30H26O6.C11H12O.C10H10O2.C7H16O2.C4H10O2/c1-51(2,3)38-14-26-44(27-15-38)59-48(54)57-42-22-10-36(11-23-42)37-12-24-43(25-13-37)58-49(55)61-46-30-18-40(19-31-46)53(34-8-7-9-35-53)41-20-32-47(33-21-41)62-50(56)60-45-28-16-39(17-29-45)52(4,5)6;1-20(22-4-12-26(33-3)13-5-22)23-6-14-28(15-7-23)35-30(32)36-29-18-10-25(11-19-29)24-8-16-27(17-9-24)34-21(2)31;1-8(2)10-5-4-6-11(7-10)9(3)12;1-7(11)9-3-5-10(6-4-9)8(2)12;1-7(2,5-8-3)6-9-4;1-5-3-4-6-2/h10-33H,7-9,34-35H2,1-6H3;4-20H,1-3H3;4-7H,1H2,2-3H3;3-6H,1-2H3;5-6H2,1-4H3;3-4H2,1-2H3. The van der Waals surface area contributed by atoms with Crippen LogP contribution in [0, 0.1) is 5.41 Å². The summed E-state index contributed by atoms with van der Waals surface area (Å²) in [7, 11) is 8.36. The van der Waals surface area contributed by atoms with Crippen molar-refractivity contribution < 1.29 is 105 Å². The largest absolute Gasteiger partial charge is 0.519 e. The number of ether oxygens (including phenoxy) is 14. The van der Waals surface area contributed by atoms with Gasteiger partial charge in [0, 0.05) is 68.8 Å². The molecule has 1 aliphatic rings. The molecule has 0 spiro atoms. The second kappa shape index (κ2) is 53.0. The lowest BCUT2D eigenvalue weighted by atomic mass is 9.65. The van der Waals surface area contributed by atoms with Crippen LogP contribution in [-0.2, 0) is 40.0 Å². The number of Topliss-reactive ketones (excluding diaryl/α,β-unsaturated/α-hetero) is 3. The molecule has 718 valence electrons. The molecule has 0 amide bonds. The minimum Gasteiger partial charge on any atom is -0.497 e. The van der Waals surface area contributed by atoms with Crippen molar-refractivity contribution in [3.63, 3.8) is 0 Å². The van der Waals surface area contributed by atoms with Gasteiger partial charge in [-0.3, -0.25) is 19.2 Å². The summed E-state index contributed by atoms with van der Waals surface area (Å²) in [6, 6.07) is 87.7. The Balaban J connectivity index is 0.000000254. The molecular formula is C115H126O22. The van der Waals surface area contributed by atoms with Gasteiger partial charge in [0.15, 0.2) is 17.3 Å². The molecule has 1 atom stereocenters. The van der Waals surface area contributed by atoms with Gasteiger partial charge in [0.25, 0.3) is 0 Å². The molecule has 12 aromatic carbocycles. The zero-order chi connectivity index (χ0) is 99.8. The highest BCUT2D eigenvalue weighted by molar-refractivity contribution is 5.98. The molecule has 0 heterocycles. The number of carbonyl (C=O) groups excluding carboxylic acids is 8. The van der Waals surface area contributed by atoms with Crippen molar-refractivity contribution in [3.8, 4) is 79.7 Å². The van der Waals surface area contributed by atoms with Gasteiger partial charge in [-0.1, -0.05) is 258 Å². The van der Waals surface area contributed by atoms with Crippen LogP contribution >= 0.6 is 0 Å². The van der Waals surface area contributed by atoms with Gasteiger partial charge in [0.1, 0.15) is 57.5 Å². The van der Waals surface area contributed by atoms with Crippen LogP contribution in [0.15, 0.2) is 298 Å². The van der Waals surface area contributed by atoms with Gasteiger partial charge in [0.2, 0.25) is 0 Å². The molecule has 0 saturated heterocycles. The van der Waals surface area contributed by atoms with E-state index in [-0.39, 0.29) is 50.9 Å². The number of methoxy groups -OCH3 is 5. The third kappa shape index (κ3) is 35.7. The van der Waals surface area contributed by atoms with Crippen molar-refractivity contribution in [2.24, 2.45) is 5.41 Å². The van der Waals surface area contributed by atoms with E-state index in [9.17, 15) is 38.4 Å². The molecular weight excluding hydrogens is 1730 g/mol. The number of allylic oxidation sites excluding steroid dienone is 1. The molecule has 12 aromatic rings. The van der Waals surface area contributed by atoms with Gasteiger partial charge in [-0.2, -0.15) is 0 Å². The van der Waals surface area contributed by atoms with Crippen LogP contribution in [-0.4, -0.2) is 110 Å². The van der Waals surface area contributed by atoms with Gasteiger partial charge in [-0.25, -0.2) is 19.2 Å². The predicted octanol–water partition coefficient (Wildman–Crippen LogP) is 27.5. The first-order valence-electron chi connectivity index (χ1n) is 45.0. The minimum absolute atomic E-state index is 0.00474. The first-order chi connectivity index (χ1) is 65.3. The fraction of sp³-hybridized carbons (Fsp3) is 0.287. The smallest absolute Gasteiger partial charge is 0.497 e. The van der Waals surface area contributed by atoms with E-state index in [1.54, 1.807) is 176 Å². The molecule has 0 aliphatic heterocycles. The lowest BCUT2D eigenvalue weighted by Gasteiger charge is -2.38. The second-order valence-corrected chi connectivity index (χ2v) is 35.4. The van der Waals surface area contributed by atoms with E-state index in [2.05, 4.69) is 78.4 Å². The van der Waals surface area contributed by atoms with Crippen LogP contribution in [0.25, 0.3) is 27.8 Å². The molecule has 0 bridgehead atoms. The molecule has 0 radical (unpaired) electrons. The molecule has 1 saturated carbocycles. The topological polar surface area (TPSA) is 266 Å². The Bertz CT molecular complexity index is 5780. The van der Waals surface area contributed by atoms with Crippen LogP contribution in [0.3, 0.4) is 0 Å². The molecule has 22 nitrogen and oxygen atoms in total. The van der Waals surface area contributed by atoms with Gasteiger partial charge in [-0.05, 0) is 240 Å². The fourth-order valence-corrected chi connectivity index (χ4v) is 14.4. The highest BCUT2D eigenvalue weighted by Crippen LogP contribution is 2.46. The van der Waals surface area contributed by atoms with E-state index in [4.69, 9.17) is 56.8 Å². The first-order valence-corrected chi connectivity index (χ1v) is 45.0. The van der Waals surface area contributed by atoms with Gasteiger partial charge in [-0.15, -0.1) is 0 Å². The molecule has 0 N–H and O–H groups in total. The Hall–Kier alpha value is -14.4. The highest BCUT2D eigenvalue weighted by Gasteiger charge is 2.36. The van der Waals surface area contributed by atoms with E-state index < -0.39 is 24.6 Å². The van der Waals surface area contributed by atoms with E-state index in [1.807, 2.05) is 165 Å². The summed E-state index contributed by atoms with van der Waals surface area (Å²) in [6.45, 7) is 33.6. The number of ketones is 3. The number of esters is 1. The molecule has 1 fully saturated rings. The Morgan fingerprint density at radius 1 is 0.307 bits per heavy atom. The summed E-state index contributed by atoms with van der Waals surface area (Å²) >= 11 is 0. The van der Waals surface area contributed by atoms with Crippen LogP contribution in [0.2, 0.25) is 0 Å². The Morgan fingerprint density at radius 3 is 0.825 bits per heavy atom. The lowest BCUT2D eigenvalue weighted by Crippen LogP contribution is -2.30. The van der Waals surface area contributed by atoms with Gasteiger partial charge >= 0.3 is 30.6 Å². The summed E-state index contributed by atoms with van der Waals surface area (Å²) in [5.74, 6) is 4.25. The Labute approximate surface area is 805 Å². The van der Waals surface area contributed by atoms with E-state index in [0.717, 1.165) is 123 Å². The van der Waals surface area contributed by atoms with Crippen molar-refractivity contribution in [2.45, 2.75) is 151 Å². The monoisotopic (exact) mass is 1860 g/mol. The summed E-state index contributed by atoms with van der Waals surface area (Å²) in [5, 5.41) is 0. The van der Waals surface area contributed by atoms with Crippen LogP contribution in [0.5, 0.6) is 57.5 Å². The number of carbonyl (C=O) groups is 8. The van der Waals surface area contributed by atoms with Crippen molar-refractivity contribution in [2.75, 3.05) is 62.0 Å². The van der Waals surface area contributed by atoms with Crippen molar-refractivity contribution in [1.29, 1.82) is 0 Å². The maximum atomic E-state index is 12.8. The average Bonchev–Trinajstić information content (AvgIpc) is 0.766. The molecule has 137 heavy (non-hydrogen) atoms. The first kappa shape index (κ1) is 108. The summed E-state index contributed by atoms with van der Waals surface area (Å²) in [6.07, 6.45) is 1.93. The molecule has 13 rings (SSSR count). The quantitative estimate of drug-likeness (QED) is 0.0152.